The molecule has 0 radical (unpaired) electrons. The van der Waals surface area contributed by atoms with E-state index in [1.54, 1.807) is 7.11 Å². The van der Waals surface area contributed by atoms with Gasteiger partial charge in [-0.05, 0) is 19.3 Å². The summed E-state index contributed by atoms with van der Waals surface area (Å²) in [5.41, 5.74) is 5.25. The van der Waals surface area contributed by atoms with Gasteiger partial charge in [-0.3, -0.25) is 4.79 Å². The monoisotopic (exact) mass is 214 g/mol. The molecule has 88 valence electrons. The number of allylic oxidation sites excluding steroid dienone is 1. The zero-order valence-electron chi connectivity index (χ0n) is 9.66. The van der Waals surface area contributed by atoms with Crippen LogP contribution in [0.25, 0.3) is 0 Å². The first-order valence-electron chi connectivity index (χ1n) is 5.30. The number of ether oxygens (including phenoxy) is 1. The van der Waals surface area contributed by atoms with Crippen molar-refractivity contribution in [1.82, 2.24) is 5.32 Å². The molecule has 0 saturated heterocycles. The number of amides is 1. The lowest BCUT2D eigenvalue weighted by atomic mass is 10.1. The lowest BCUT2D eigenvalue weighted by Gasteiger charge is -2.22. The molecule has 4 heteroatoms. The first-order chi connectivity index (χ1) is 7.15. The Morgan fingerprint density at radius 3 is 2.73 bits per heavy atom. The third-order valence-corrected chi connectivity index (χ3v) is 2.33. The Morgan fingerprint density at radius 2 is 2.33 bits per heavy atom. The summed E-state index contributed by atoms with van der Waals surface area (Å²) >= 11 is 0. The maximum Gasteiger partial charge on any atom is 0.236 e. The highest BCUT2D eigenvalue weighted by atomic mass is 16.5. The zero-order chi connectivity index (χ0) is 11.7. The van der Waals surface area contributed by atoms with E-state index in [9.17, 15) is 4.79 Å². The summed E-state index contributed by atoms with van der Waals surface area (Å²) in [6.45, 7) is 6.07. The van der Waals surface area contributed by atoms with E-state index in [1.165, 1.54) is 0 Å². The predicted molar refractivity (Wildman–Crippen MR) is 61.5 cm³/mol. The van der Waals surface area contributed by atoms with Crippen molar-refractivity contribution in [3.63, 3.8) is 0 Å². The smallest absolute Gasteiger partial charge is 0.236 e. The van der Waals surface area contributed by atoms with Crippen LogP contribution in [0.1, 0.15) is 26.2 Å². The topological polar surface area (TPSA) is 64.3 Å². The number of nitrogens with one attached hydrogen (secondary N) is 1. The maximum atomic E-state index is 11.1. The standard InChI is InChI=1S/C11H22N2O2/c1-4-6-7-9(5-2)13-10(8-15-3)11(12)14/h4,9-10,13H,1,5-8H2,2-3H3,(H2,12,14). The quantitative estimate of drug-likeness (QED) is 0.559. The normalized spacial score (nSPS) is 14.5. The van der Waals surface area contributed by atoms with Crippen LogP contribution in [0, 0.1) is 0 Å². The van der Waals surface area contributed by atoms with Crippen LogP contribution >= 0.6 is 0 Å². The minimum absolute atomic E-state index is 0.288. The molecule has 0 heterocycles. The van der Waals surface area contributed by atoms with Crippen LogP contribution in [-0.2, 0) is 9.53 Å². The number of methoxy groups -OCH3 is 1. The van der Waals surface area contributed by atoms with Gasteiger partial charge in [0.05, 0.1) is 6.61 Å². The van der Waals surface area contributed by atoms with Gasteiger partial charge in [-0.2, -0.15) is 0 Å². The Kier molecular flexibility index (Phi) is 7.95. The van der Waals surface area contributed by atoms with Crippen molar-refractivity contribution in [2.24, 2.45) is 5.73 Å². The molecular formula is C11H22N2O2. The van der Waals surface area contributed by atoms with Gasteiger partial charge in [-0.1, -0.05) is 13.0 Å². The SMILES string of the molecule is C=CCCC(CC)NC(COC)C(N)=O. The van der Waals surface area contributed by atoms with E-state index in [2.05, 4.69) is 18.8 Å². The summed E-state index contributed by atoms with van der Waals surface area (Å²) in [5.74, 6) is -0.367. The largest absolute Gasteiger partial charge is 0.383 e. The van der Waals surface area contributed by atoms with Gasteiger partial charge in [-0.15, -0.1) is 6.58 Å². The van der Waals surface area contributed by atoms with Gasteiger partial charge in [0.25, 0.3) is 0 Å². The molecule has 0 aliphatic heterocycles. The second-order valence-corrected chi connectivity index (χ2v) is 3.55. The molecule has 0 spiro atoms. The fourth-order valence-corrected chi connectivity index (χ4v) is 1.39. The molecule has 0 aromatic rings. The van der Waals surface area contributed by atoms with E-state index < -0.39 is 6.04 Å². The first kappa shape index (κ1) is 14.1. The van der Waals surface area contributed by atoms with E-state index in [1.807, 2.05) is 6.08 Å². The van der Waals surface area contributed by atoms with Gasteiger partial charge in [0.15, 0.2) is 0 Å². The molecule has 2 atom stereocenters. The van der Waals surface area contributed by atoms with Crippen molar-refractivity contribution in [2.45, 2.75) is 38.3 Å². The van der Waals surface area contributed by atoms with Crippen molar-refractivity contribution in [3.8, 4) is 0 Å². The molecule has 3 N–H and O–H groups in total. The number of rotatable bonds is 9. The maximum absolute atomic E-state index is 11.1. The van der Waals surface area contributed by atoms with E-state index in [-0.39, 0.29) is 11.9 Å². The van der Waals surface area contributed by atoms with E-state index in [0.717, 1.165) is 19.3 Å². The molecule has 0 fully saturated rings. The molecule has 0 aromatic carbocycles. The number of hydrogen-bond donors (Lipinski definition) is 2. The fourth-order valence-electron chi connectivity index (χ4n) is 1.39. The molecule has 0 aliphatic rings. The molecule has 0 saturated carbocycles. The molecule has 0 rings (SSSR count). The van der Waals surface area contributed by atoms with Gasteiger partial charge < -0.3 is 15.8 Å². The second kappa shape index (κ2) is 8.44. The lowest BCUT2D eigenvalue weighted by Crippen LogP contribution is -2.48. The van der Waals surface area contributed by atoms with Gasteiger partial charge in [0.1, 0.15) is 6.04 Å². The van der Waals surface area contributed by atoms with Crippen LogP contribution in [0.4, 0.5) is 0 Å². The number of carbonyl (C=O) groups is 1. The Labute approximate surface area is 91.9 Å². The number of carbonyl (C=O) groups excluding carboxylic acids is 1. The highest BCUT2D eigenvalue weighted by Gasteiger charge is 2.18. The van der Waals surface area contributed by atoms with Crippen molar-refractivity contribution < 1.29 is 9.53 Å². The van der Waals surface area contributed by atoms with Gasteiger partial charge in [0.2, 0.25) is 5.91 Å². The van der Waals surface area contributed by atoms with E-state index in [4.69, 9.17) is 10.5 Å². The van der Waals surface area contributed by atoms with Crippen LogP contribution in [-0.4, -0.2) is 31.7 Å². The first-order valence-corrected chi connectivity index (χ1v) is 5.30. The summed E-state index contributed by atoms with van der Waals surface area (Å²) in [4.78, 5) is 11.1. The third-order valence-electron chi connectivity index (χ3n) is 2.33. The molecule has 4 nitrogen and oxygen atoms in total. The van der Waals surface area contributed by atoms with Gasteiger partial charge in [0, 0.05) is 13.2 Å². The summed E-state index contributed by atoms with van der Waals surface area (Å²) in [6, 6.07) is -0.111. The van der Waals surface area contributed by atoms with Crippen molar-refractivity contribution >= 4 is 5.91 Å². The highest BCUT2D eigenvalue weighted by Crippen LogP contribution is 2.03. The van der Waals surface area contributed by atoms with Gasteiger partial charge in [-0.25, -0.2) is 0 Å². The van der Waals surface area contributed by atoms with Crippen molar-refractivity contribution in [2.75, 3.05) is 13.7 Å². The molecule has 0 aliphatic carbocycles. The summed E-state index contributed by atoms with van der Waals surface area (Å²) in [7, 11) is 1.56. The molecular weight excluding hydrogens is 192 g/mol. The Balaban J connectivity index is 4.08. The van der Waals surface area contributed by atoms with Crippen molar-refractivity contribution in [1.29, 1.82) is 0 Å². The number of nitrogens with two attached hydrogens (primary N) is 1. The fraction of sp³-hybridized carbons (Fsp3) is 0.727. The van der Waals surface area contributed by atoms with Crippen LogP contribution < -0.4 is 11.1 Å². The van der Waals surface area contributed by atoms with Crippen LogP contribution in [0.2, 0.25) is 0 Å². The lowest BCUT2D eigenvalue weighted by molar-refractivity contribution is -0.121. The Bertz CT molecular complexity index is 195. The predicted octanol–water partition coefficient (Wildman–Crippen LogP) is 0.821. The number of primary amides is 1. The molecule has 0 bridgehead atoms. The highest BCUT2D eigenvalue weighted by molar-refractivity contribution is 5.80. The molecule has 0 aromatic heterocycles. The summed E-state index contributed by atoms with van der Waals surface area (Å²) < 4.78 is 4.93. The number of hydrogen-bond acceptors (Lipinski definition) is 3. The Morgan fingerprint density at radius 1 is 1.67 bits per heavy atom. The summed E-state index contributed by atoms with van der Waals surface area (Å²) in [6.07, 6.45) is 4.73. The van der Waals surface area contributed by atoms with Crippen LogP contribution in [0.15, 0.2) is 12.7 Å². The zero-order valence-corrected chi connectivity index (χ0v) is 9.66. The third kappa shape index (κ3) is 6.25. The van der Waals surface area contributed by atoms with Crippen LogP contribution in [0.3, 0.4) is 0 Å². The Hall–Kier alpha value is -0.870. The van der Waals surface area contributed by atoms with E-state index in [0.29, 0.717) is 6.61 Å². The van der Waals surface area contributed by atoms with E-state index >= 15 is 0 Å². The minimum Gasteiger partial charge on any atom is -0.383 e. The van der Waals surface area contributed by atoms with Gasteiger partial charge >= 0.3 is 0 Å². The van der Waals surface area contributed by atoms with Crippen LogP contribution in [0.5, 0.6) is 0 Å². The minimum atomic E-state index is -0.398. The molecule has 2 unspecified atom stereocenters. The average Bonchev–Trinajstić information content (AvgIpc) is 2.22. The average molecular weight is 214 g/mol. The second-order valence-electron chi connectivity index (χ2n) is 3.55. The molecule has 15 heavy (non-hydrogen) atoms. The molecule has 1 amide bonds. The summed E-state index contributed by atoms with van der Waals surface area (Å²) in [5, 5.41) is 3.19. The van der Waals surface area contributed by atoms with Crippen molar-refractivity contribution in [3.05, 3.63) is 12.7 Å².